The Hall–Kier alpha value is -1.47. The van der Waals surface area contributed by atoms with Gasteiger partial charge in [-0.05, 0) is 31.6 Å². The number of aromatic nitrogens is 1. The number of fused-ring (bicyclic) bond motifs is 1. The molecule has 1 saturated heterocycles. The lowest BCUT2D eigenvalue weighted by Gasteiger charge is -2.20. The Morgan fingerprint density at radius 2 is 2.33 bits per heavy atom. The van der Waals surface area contributed by atoms with Crippen LogP contribution in [0.2, 0.25) is 0 Å². The highest BCUT2D eigenvalue weighted by Gasteiger charge is 2.37. The van der Waals surface area contributed by atoms with E-state index in [1.165, 1.54) is 11.3 Å². The Kier molecular flexibility index (Phi) is 3.71. The van der Waals surface area contributed by atoms with Crippen LogP contribution in [-0.4, -0.2) is 28.5 Å². The van der Waals surface area contributed by atoms with Gasteiger partial charge < -0.3 is 15.8 Å². The largest absolute Gasteiger partial charge is 0.494 e. The van der Waals surface area contributed by atoms with Crippen LogP contribution in [0.25, 0.3) is 10.2 Å². The van der Waals surface area contributed by atoms with E-state index in [4.69, 9.17) is 10.5 Å². The lowest BCUT2D eigenvalue weighted by atomic mass is 10.1. The standard InChI is InChI=1S/C14H17N3O2S2/c1-14(4-3-5-20-14)12(18)17-13-16-11-9(19-2)6-8(15)7-10(11)21-13/h6-7H,3-5,15H2,1-2H3,(H,16,17,18). The van der Waals surface area contributed by atoms with Crippen molar-refractivity contribution in [1.82, 2.24) is 4.98 Å². The SMILES string of the molecule is COc1cc(N)cc2sc(NC(=O)C3(C)CCCS3)nc12. The number of nitrogens with one attached hydrogen (secondary N) is 1. The number of ether oxygens (including phenoxy) is 1. The van der Waals surface area contributed by atoms with Crippen molar-refractivity contribution in [3.8, 4) is 5.75 Å². The lowest BCUT2D eigenvalue weighted by Crippen LogP contribution is -2.34. The average Bonchev–Trinajstić information content (AvgIpc) is 3.04. The van der Waals surface area contributed by atoms with E-state index < -0.39 is 0 Å². The van der Waals surface area contributed by atoms with Crippen LogP contribution in [-0.2, 0) is 4.79 Å². The van der Waals surface area contributed by atoms with Crippen molar-refractivity contribution in [2.45, 2.75) is 24.5 Å². The van der Waals surface area contributed by atoms with E-state index in [-0.39, 0.29) is 10.7 Å². The minimum absolute atomic E-state index is 0.0241. The van der Waals surface area contributed by atoms with E-state index in [2.05, 4.69) is 10.3 Å². The van der Waals surface area contributed by atoms with Crippen molar-refractivity contribution < 1.29 is 9.53 Å². The summed E-state index contributed by atoms with van der Waals surface area (Å²) in [7, 11) is 1.59. The molecule has 0 spiro atoms. The van der Waals surface area contributed by atoms with Gasteiger partial charge in [0, 0.05) is 11.8 Å². The van der Waals surface area contributed by atoms with Crippen molar-refractivity contribution in [3.63, 3.8) is 0 Å². The summed E-state index contributed by atoms with van der Waals surface area (Å²) in [5.41, 5.74) is 7.20. The summed E-state index contributed by atoms with van der Waals surface area (Å²) in [6.45, 7) is 1.99. The molecule has 0 saturated carbocycles. The zero-order valence-electron chi connectivity index (χ0n) is 11.9. The second-order valence-corrected chi connectivity index (χ2v) is 7.85. The Morgan fingerprint density at radius 3 is 3.00 bits per heavy atom. The number of carbonyl (C=O) groups is 1. The van der Waals surface area contributed by atoms with Crippen LogP contribution >= 0.6 is 23.1 Å². The molecule has 1 aromatic heterocycles. The lowest BCUT2D eigenvalue weighted by molar-refractivity contribution is -0.118. The molecule has 0 bridgehead atoms. The number of carbonyl (C=O) groups excluding carboxylic acids is 1. The first kappa shape index (κ1) is 14.5. The number of rotatable bonds is 3. The number of amides is 1. The third kappa shape index (κ3) is 2.67. The van der Waals surface area contributed by atoms with E-state index in [0.717, 1.165) is 28.8 Å². The predicted octanol–water partition coefficient (Wildman–Crippen LogP) is 3.11. The van der Waals surface area contributed by atoms with Crippen LogP contribution < -0.4 is 15.8 Å². The molecule has 3 rings (SSSR count). The van der Waals surface area contributed by atoms with E-state index in [0.29, 0.717) is 16.6 Å². The van der Waals surface area contributed by atoms with Gasteiger partial charge >= 0.3 is 0 Å². The number of anilines is 2. The normalized spacial score (nSPS) is 21.6. The molecule has 5 nitrogen and oxygen atoms in total. The number of benzene rings is 1. The first-order valence-electron chi connectivity index (χ1n) is 6.71. The van der Waals surface area contributed by atoms with E-state index >= 15 is 0 Å². The molecule has 1 aromatic carbocycles. The molecule has 1 aliphatic heterocycles. The van der Waals surface area contributed by atoms with Gasteiger partial charge in [-0.1, -0.05) is 11.3 Å². The van der Waals surface area contributed by atoms with Gasteiger partial charge in [-0.3, -0.25) is 4.79 Å². The van der Waals surface area contributed by atoms with E-state index in [1.807, 2.05) is 13.0 Å². The molecule has 1 aliphatic rings. The quantitative estimate of drug-likeness (QED) is 0.849. The van der Waals surface area contributed by atoms with Crippen LogP contribution in [0.15, 0.2) is 12.1 Å². The topological polar surface area (TPSA) is 77.2 Å². The molecule has 0 aliphatic carbocycles. The molecule has 2 aromatic rings. The van der Waals surface area contributed by atoms with E-state index in [1.54, 1.807) is 24.9 Å². The minimum Gasteiger partial charge on any atom is -0.494 e. The molecule has 1 unspecified atom stereocenters. The monoisotopic (exact) mass is 323 g/mol. The maximum Gasteiger partial charge on any atom is 0.242 e. The molecule has 0 radical (unpaired) electrons. The summed E-state index contributed by atoms with van der Waals surface area (Å²) in [4.78, 5) is 16.9. The Balaban J connectivity index is 1.89. The highest BCUT2D eigenvalue weighted by Crippen LogP contribution is 2.40. The van der Waals surface area contributed by atoms with Crippen molar-refractivity contribution >= 4 is 50.0 Å². The van der Waals surface area contributed by atoms with Gasteiger partial charge in [-0.15, -0.1) is 11.8 Å². The van der Waals surface area contributed by atoms with Crippen LogP contribution in [0.4, 0.5) is 10.8 Å². The number of thiazole rings is 1. The zero-order chi connectivity index (χ0) is 15.0. The predicted molar refractivity (Wildman–Crippen MR) is 89.3 cm³/mol. The maximum atomic E-state index is 12.4. The first-order valence-corrected chi connectivity index (χ1v) is 8.51. The number of nitrogen functional groups attached to an aromatic ring is 1. The van der Waals surface area contributed by atoms with Gasteiger partial charge in [0.15, 0.2) is 5.13 Å². The second kappa shape index (κ2) is 5.38. The number of nitrogens with zero attached hydrogens (tertiary/aromatic N) is 1. The highest BCUT2D eigenvalue weighted by molar-refractivity contribution is 8.01. The van der Waals surface area contributed by atoms with E-state index in [9.17, 15) is 4.79 Å². The minimum atomic E-state index is -0.346. The zero-order valence-corrected chi connectivity index (χ0v) is 13.6. The van der Waals surface area contributed by atoms with Gasteiger partial charge in [-0.25, -0.2) is 4.98 Å². The van der Waals surface area contributed by atoms with Gasteiger partial charge in [0.25, 0.3) is 0 Å². The Bertz CT molecular complexity index is 693. The fraction of sp³-hybridized carbons (Fsp3) is 0.429. The molecular formula is C14H17N3O2S2. The molecule has 21 heavy (non-hydrogen) atoms. The number of methoxy groups -OCH3 is 1. The molecule has 1 atom stereocenters. The van der Waals surface area contributed by atoms with Crippen LogP contribution in [0.1, 0.15) is 19.8 Å². The number of hydrogen-bond acceptors (Lipinski definition) is 6. The fourth-order valence-corrected chi connectivity index (χ4v) is 4.55. The molecule has 1 fully saturated rings. The average molecular weight is 323 g/mol. The van der Waals surface area contributed by atoms with Gasteiger partial charge in [0.05, 0.1) is 16.6 Å². The molecule has 7 heteroatoms. The molecule has 112 valence electrons. The van der Waals surface area contributed by atoms with Crippen LogP contribution in [0.5, 0.6) is 5.75 Å². The first-order chi connectivity index (χ1) is 10.0. The van der Waals surface area contributed by atoms with Crippen molar-refractivity contribution in [2.75, 3.05) is 23.9 Å². The summed E-state index contributed by atoms with van der Waals surface area (Å²) in [5, 5.41) is 3.53. The number of hydrogen-bond donors (Lipinski definition) is 2. The summed E-state index contributed by atoms with van der Waals surface area (Å²) >= 11 is 3.12. The molecule has 3 N–H and O–H groups in total. The van der Waals surface area contributed by atoms with Gasteiger partial charge in [0.1, 0.15) is 11.3 Å². The molecular weight excluding hydrogens is 306 g/mol. The summed E-state index contributed by atoms with van der Waals surface area (Å²) in [6.07, 6.45) is 1.99. The second-order valence-electron chi connectivity index (χ2n) is 5.23. The van der Waals surface area contributed by atoms with Crippen LogP contribution in [0.3, 0.4) is 0 Å². The van der Waals surface area contributed by atoms with Gasteiger partial charge in [0.2, 0.25) is 5.91 Å². The smallest absolute Gasteiger partial charge is 0.242 e. The van der Waals surface area contributed by atoms with Crippen molar-refractivity contribution in [2.24, 2.45) is 0 Å². The Morgan fingerprint density at radius 1 is 1.52 bits per heavy atom. The third-order valence-electron chi connectivity index (χ3n) is 3.62. The molecule has 2 heterocycles. The molecule has 1 amide bonds. The van der Waals surface area contributed by atoms with Crippen LogP contribution in [0, 0.1) is 0 Å². The highest BCUT2D eigenvalue weighted by atomic mass is 32.2. The maximum absolute atomic E-state index is 12.4. The van der Waals surface area contributed by atoms with Crippen molar-refractivity contribution in [1.29, 1.82) is 0 Å². The number of thioether (sulfide) groups is 1. The number of nitrogens with two attached hydrogens (primary N) is 1. The Labute approximate surface area is 131 Å². The summed E-state index contributed by atoms with van der Waals surface area (Å²) in [5.74, 6) is 1.69. The third-order valence-corrected chi connectivity index (χ3v) is 6.06. The summed E-state index contributed by atoms with van der Waals surface area (Å²) in [6, 6.07) is 3.58. The fourth-order valence-electron chi connectivity index (χ4n) is 2.42. The van der Waals surface area contributed by atoms with Crippen molar-refractivity contribution in [3.05, 3.63) is 12.1 Å². The van der Waals surface area contributed by atoms with Gasteiger partial charge in [-0.2, -0.15) is 0 Å². The summed E-state index contributed by atoms with van der Waals surface area (Å²) < 4.78 is 5.86.